The number of aryl methyl sites for hydroxylation is 1. The molecule has 0 spiro atoms. The Kier molecular flexibility index (Phi) is 5.11. The number of halogens is 1. The quantitative estimate of drug-likeness (QED) is 0.859. The van der Waals surface area contributed by atoms with Gasteiger partial charge in [-0.25, -0.2) is 14.8 Å². The molecule has 110 valence electrons. The van der Waals surface area contributed by atoms with Crippen molar-refractivity contribution in [2.24, 2.45) is 0 Å². The molecule has 2 aromatic rings. The van der Waals surface area contributed by atoms with E-state index in [1.165, 1.54) is 6.20 Å². The summed E-state index contributed by atoms with van der Waals surface area (Å²) in [7, 11) is 0. The van der Waals surface area contributed by atoms with Crippen molar-refractivity contribution < 1.29 is 9.53 Å². The maximum absolute atomic E-state index is 11.7. The number of aromatic nitrogens is 2. The Balaban J connectivity index is 2.05. The van der Waals surface area contributed by atoms with E-state index in [4.69, 9.17) is 16.3 Å². The molecule has 0 saturated heterocycles. The molecule has 1 heterocycles. The molecule has 0 radical (unpaired) electrons. The maximum atomic E-state index is 11.7. The van der Waals surface area contributed by atoms with Crippen LogP contribution in [0.4, 0.5) is 5.95 Å². The van der Waals surface area contributed by atoms with Crippen LogP contribution in [-0.2, 0) is 11.3 Å². The van der Waals surface area contributed by atoms with Crippen molar-refractivity contribution in [3.8, 4) is 0 Å². The molecule has 0 aliphatic rings. The fraction of sp³-hybridized carbons (Fsp3) is 0.267. The lowest BCUT2D eigenvalue weighted by Gasteiger charge is -2.08. The number of esters is 1. The van der Waals surface area contributed by atoms with Gasteiger partial charge in [-0.05, 0) is 31.5 Å². The Morgan fingerprint density at radius 3 is 2.90 bits per heavy atom. The summed E-state index contributed by atoms with van der Waals surface area (Å²) in [6.45, 7) is 4.39. The van der Waals surface area contributed by atoms with Gasteiger partial charge in [-0.3, -0.25) is 0 Å². The molecule has 6 heteroatoms. The highest BCUT2D eigenvalue weighted by Crippen LogP contribution is 2.13. The van der Waals surface area contributed by atoms with E-state index in [0.29, 0.717) is 35.4 Å². The smallest absolute Gasteiger partial charge is 0.341 e. The number of nitrogens with zero attached hydrogens (tertiary/aromatic N) is 2. The third kappa shape index (κ3) is 4.16. The predicted octanol–water partition coefficient (Wildman–Crippen LogP) is 3.23. The summed E-state index contributed by atoms with van der Waals surface area (Å²) >= 11 is 5.93. The van der Waals surface area contributed by atoms with Crippen LogP contribution >= 0.6 is 11.6 Å². The van der Waals surface area contributed by atoms with Gasteiger partial charge in [0.2, 0.25) is 5.95 Å². The summed E-state index contributed by atoms with van der Waals surface area (Å²) in [5.41, 5.74) is 1.99. The fourth-order valence-electron chi connectivity index (χ4n) is 1.79. The first kappa shape index (κ1) is 15.3. The van der Waals surface area contributed by atoms with Crippen LogP contribution in [0.3, 0.4) is 0 Å². The molecule has 21 heavy (non-hydrogen) atoms. The van der Waals surface area contributed by atoms with Gasteiger partial charge in [0.1, 0.15) is 0 Å². The zero-order chi connectivity index (χ0) is 15.2. The monoisotopic (exact) mass is 305 g/mol. The second kappa shape index (κ2) is 7.04. The molecule has 5 nitrogen and oxygen atoms in total. The minimum Gasteiger partial charge on any atom is -0.462 e. The van der Waals surface area contributed by atoms with E-state index in [1.54, 1.807) is 13.8 Å². The highest BCUT2D eigenvalue weighted by atomic mass is 35.5. The number of nitrogens with one attached hydrogen (secondary N) is 1. The Morgan fingerprint density at radius 1 is 1.43 bits per heavy atom. The topological polar surface area (TPSA) is 64.1 Å². The number of hydrogen-bond donors (Lipinski definition) is 1. The molecule has 0 aliphatic heterocycles. The standard InChI is InChI=1S/C15H16ClN3O2/c1-3-21-14(20)13-9-18-15(19-10(13)2)17-8-11-5-4-6-12(16)7-11/h4-7,9H,3,8H2,1-2H3,(H,17,18,19). The maximum Gasteiger partial charge on any atom is 0.341 e. The van der Waals surface area contributed by atoms with Gasteiger partial charge in [-0.2, -0.15) is 0 Å². The largest absolute Gasteiger partial charge is 0.462 e. The minimum atomic E-state index is -0.406. The molecule has 0 bridgehead atoms. The SMILES string of the molecule is CCOC(=O)c1cnc(NCc2cccc(Cl)c2)nc1C. The predicted molar refractivity (Wildman–Crippen MR) is 81.5 cm³/mol. The molecular formula is C15H16ClN3O2. The molecule has 2 rings (SSSR count). The van der Waals surface area contributed by atoms with Gasteiger partial charge in [0.15, 0.2) is 0 Å². The highest BCUT2D eigenvalue weighted by molar-refractivity contribution is 6.30. The molecule has 0 unspecified atom stereocenters. The fourth-order valence-corrected chi connectivity index (χ4v) is 2.00. The molecule has 1 N–H and O–H groups in total. The number of carbonyl (C=O) groups excluding carboxylic acids is 1. The lowest BCUT2D eigenvalue weighted by molar-refractivity contribution is 0.0524. The van der Waals surface area contributed by atoms with Crippen LogP contribution in [0.25, 0.3) is 0 Å². The molecule has 0 fully saturated rings. The number of hydrogen-bond acceptors (Lipinski definition) is 5. The van der Waals surface area contributed by atoms with Crippen molar-refractivity contribution in [1.82, 2.24) is 9.97 Å². The first-order valence-electron chi connectivity index (χ1n) is 6.59. The first-order chi connectivity index (χ1) is 10.1. The molecule has 0 saturated carbocycles. The van der Waals surface area contributed by atoms with E-state index in [-0.39, 0.29) is 0 Å². The van der Waals surface area contributed by atoms with E-state index in [9.17, 15) is 4.79 Å². The Labute approximate surface area is 128 Å². The molecule has 1 aromatic heterocycles. The molecule has 1 aromatic carbocycles. The van der Waals surface area contributed by atoms with Gasteiger partial charge in [-0.1, -0.05) is 23.7 Å². The van der Waals surface area contributed by atoms with Crippen LogP contribution in [0.1, 0.15) is 28.5 Å². The third-order valence-corrected chi connectivity index (χ3v) is 3.05. The molecule has 0 aliphatic carbocycles. The first-order valence-corrected chi connectivity index (χ1v) is 6.97. The molecule has 0 atom stereocenters. The van der Waals surface area contributed by atoms with E-state index < -0.39 is 5.97 Å². The minimum absolute atomic E-state index is 0.326. The summed E-state index contributed by atoms with van der Waals surface area (Å²) < 4.78 is 4.94. The van der Waals surface area contributed by atoms with Crippen molar-refractivity contribution in [3.63, 3.8) is 0 Å². The van der Waals surface area contributed by atoms with Gasteiger partial charge in [0.25, 0.3) is 0 Å². The third-order valence-electron chi connectivity index (χ3n) is 2.81. The van der Waals surface area contributed by atoms with Gasteiger partial charge < -0.3 is 10.1 Å². The van der Waals surface area contributed by atoms with Crippen LogP contribution in [-0.4, -0.2) is 22.5 Å². The summed E-state index contributed by atoms with van der Waals surface area (Å²) in [4.78, 5) is 20.0. The van der Waals surface area contributed by atoms with Crippen molar-refractivity contribution in [2.45, 2.75) is 20.4 Å². The van der Waals surface area contributed by atoms with E-state index in [1.807, 2.05) is 24.3 Å². The van der Waals surface area contributed by atoms with Gasteiger partial charge in [0, 0.05) is 17.8 Å². The average Bonchev–Trinajstić information content (AvgIpc) is 2.45. The molecular weight excluding hydrogens is 290 g/mol. The number of ether oxygens (including phenoxy) is 1. The van der Waals surface area contributed by atoms with Gasteiger partial charge in [0.05, 0.1) is 17.9 Å². The van der Waals surface area contributed by atoms with E-state index >= 15 is 0 Å². The van der Waals surface area contributed by atoms with E-state index in [2.05, 4.69) is 15.3 Å². The number of carbonyl (C=O) groups is 1. The zero-order valence-corrected chi connectivity index (χ0v) is 12.6. The number of benzene rings is 1. The summed E-state index contributed by atoms with van der Waals surface area (Å²) in [5.74, 6) is 0.0527. The Hall–Kier alpha value is -2.14. The lowest BCUT2D eigenvalue weighted by atomic mass is 10.2. The Bertz CT molecular complexity index is 647. The highest BCUT2D eigenvalue weighted by Gasteiger charge is 2.12. The van der Waals surface area contributed by atoms with Crippen molar-refractivity contribution >= 4 is 23.5 Å². The van der Waals surface area contributed by atoms with Crippen LogP contribution in [0.15, 0.2) is 30.5 Å². The molecule has 0 amide bonds. The van der Waals surface area contributed by atoms with Crippen LogP contribution in [0.5, 0.6) is 0 Å². The van der Waals surface area contributed by atoms with Crippen molar-refractivity contribution in [2.75, 3.05) is 11.9 Å². The Morgan fingerprint density at radius 2 is 2.24 bits per heavy atom. The average molecular weight is 306 g/mol. The second-order valence-corrected chi connectivity index (χ2v) is 4.83. The lowest BCUT2D eigenvalue weighted by Crippen LogP contribution is -2.11. The van der Waals surface area contributed by atoms with Crippen LogP contribution in [0, 0.1) is 6.92 Å². The number of rotatable bonds is 5. The van der Waals surface area contributed by atoms with Gasteiger partial charge >= 0.3 is 5.97 Å². The van der Waals surface area contributed by atoms with Crippen LogP contribution < -0.4 is 5.32 Å². The zero-order valence-electron chi connectivity index (χ0n) is 11.9. The summed E-state index contributed by atoms with van der Waals surface area (Å²) in [6.07, 6.45) is 1.47. The van der Waals surface area contributed by atoms with E-state index in [0.717, 1.165) is 5.56 Å². The van der Waals surface area contributed by atoms with Crippen molar-refractivity contribution in [1.29, 1.82) is 0 Å². The normalized spacial score (nSPS) is 10.2. The van der Waals surface area contributed by atoms with Crippen LogP contribution in [0.2, 0.25) is 5.02 Å². The summed E-state index contributed by atoms with van der Waals surface area (Å²) in [5, 5.41) is 3.78. The summed E-state index contributed by atoms with van der Waals surface area (Å²) in [6, 6.07) is 7.53. The number of anilines is 1. The van der Waals surface area contributed by atoms with Gasteiger partial charge in [-0.15, -0.1) is 0 Å². The second-order valence-electron chi connectivity index (χ2n) is 4.40. The van der Waals surface area contributed by atoms with Crippen molar-refractivity contribution in [3.05, 3.63) is 52.3 Å².